The fourth-order valence-electron chi connectivity index (χ4n) is 1.97. The van der Waals surface area contributed by atoms with E-state index < -0.39 is 0 Å². The van der Waals surface area contributed by atoms with Crippen LogP contribution in [0, 0.1) is 11.3 Å². The standard InChI is InChI=1S/C17H16N2O/c18-13-12-17(20)19-16-10-8-15(9-11-16)7-6-14-4-2-1-3-5-14/h1-5,8-11H,6-7,12H2,(H,19,20). The molecule has 0 heterocycles. The molecule has 100 valence electrons. The van der Waals surface area contributed by atoms with Crippen LogP contribution in [0.4, 0.5) is 5.69 Å². The molecule has 1 amide bonds. The van der Waals surface area contributed by atoms with Crippen molar-refractivity contribution in [2.75, 3.05) is 5.32 Å². The Labute approximate surface area is 118 Å². The van der Waals surface area contributed by atoms with E-state index in [2.05, 4.69) is 17.4 Å². The highest BCUT2D eigenvalue weighted by atomic mass is 16.1. The third-order valence-electron chi connectivity index (χ3n) is 3.02. The molecule has 0 spiro atoms. The second-order valence-electron chi connectivity index (χ2n) is 4.57. The number of hydrogen-bond acceptors (Lipinski definition) is 2. The molecule has 3 heteroatoms. The predicted molar refractivity (Wildman–Crippen MR) is 79.2 cm³/mol. The second kappa shape index (κ2) is 7.10. The van der Waals surface area contributed by atoms with Gasteiger partial charge in [-0.25, -0.2) is 0 Å². The molecular formula is C17H16N2O. The number of carbonyl (C=O) groups excluding carboxylic acids is 1. The molecule has 0 aliphatic heterocycles. The number of anilines is 1. The van der Waals surface area contributed by atoms with Gasteiger partial charge >= 0.3 is 0 Å². The van der Waals surface area contributed by atoms with Crippen LogP contribution in [-0.4, -0.2) is 5.91 Å². The summed E-state index contributed by atoms with van der Waals surface area (Å²) in [5.74, 6) is -0.274. The summed E-state index contributed by atoms with van der Waals surface area (Å²) in [5.41, 5.74) is 3.28. The second-order valence-corrected chi connectivity index (χ2v) is 4.57. The van der Waals surface area contributed by atoms with Crippen LogP contribution in [0.5, 0.6) is 0 Å². The molecule has 0 fully saturated rings. The zero-order valence-electron chi connectivity index (χ0n) is 11.2. The van der Waals surface area contributed by atoms with Crippen LogP contribution in [0.3, 0.4) is 0 Å². The summed E-state index contributed by atoms with van der Waals surface area (Å²) in [6.07, 6.45) is 1.85. The Balaban J connectivity index is 1.89. The van der Waals surface area contributed by atoms with Gasteiger partial charge in [-0.15, -0.1) is 0 Å². The minimum absolute atomic E-state index is 0.115. The van der Waals surface area contributed by atoms with Gasteiger partial charge in [0.1, 0.15) is 6.42 Å². The summed E-state index contributed by atoms with van der Waals surface area (Å²) < 4.78 is 0. The van der Waals surface area contributed by atoms with Gasteiger partial charge in [0.15, 0.2) is 0 Å². The van der Waals surface area contributed by atoms with E-state index in [-0.39, 0.29) is 12.3 Å². The number of nitriles is 1. The van der Waals surface area contributed by atoms with E-state index in [0.29, 0.717) is 0 Å². The first-order valence-electron chi connectivity index (χ1n) is 6.57. The van der Waals surface area contributed by atoms with Crippen LogP contribution in [0.25, 0.3) is 0 Å². The lowest BCUT2D eigenvalue weighted by atomic mass is 10.0. The fraction of sp³-hybridized carbons (Fsp3) is 0.176. The Morgan fingerprint density at radius 3 is 2.15 bits per heavy atom. The quantitative estimate of drug-likeness (QED) is 0.900. The lowest BCUT2D eigenvalue weighted by molar-refractivity contribution is -0.115. The third-order valence-corrected chi connectivity index (χ3v) is 3.02. The van der Waals surface area contributed by atoms with Crippen molar-refractivity contribution in [3.8, 4) is 6.07 Å². The molecule has 0 radical (unpaired) electrons. The molecule has 0 aliphatic carbocycles. The highest BCUT2D eigenvalue weighted by Gasteiger charge is 2.01. The van der Waals surface area contributed by atoms with Crippen molar-refractivity contribution in [1.82, 2.24) is 0 Å². The van der Waals surface area contributed by atoms with Crippen LogP contribution in [0.2, 0.25) is 0 Å². The van der Waals surface area contributed by atoms with Gasteiger partial charge in [0.05, 0.1) is 6.07 Å². The normalized spacial score (nSPS) is 9.75. The lowest BCUT2D eigenvalue weighted by Crippen LogP contribution is -2.09. The van der Waals surface area contributed by atoms with Crippen molar-refractivity contribution in [3.05, 3.63) is 65.7 Å². The van der Waals surface area contributed by atoms with Gasteiger partial charge in [-0.1, -0.05) is 42.5 Å². The molecule has 0 saturated heterocycles. The molecule has 3 nitrogen and oxygen atoms in total. The minimum Gasteiger partial charge on any atom is -0.325 e. The molecule has 0 bridgehead atoms. The lowest BCUT2D eigenvalue weighted by Gasteiger charge is -2.05. The summed E-state index contributed by atoms with van der Waals surface area (Å²) in [4.78, 5) is 11.3. The van der Waals surface area contributed by atoms with Crippen molar-refractivity contribution in [1.29, 1.82) is 5.26 Å². The van der Waals surface area contributed by atoms with Gasteiger partial charge in [0, 0.05) is 5.69 Å². The average molecular weight is 264 g/mol. The first kappa shape index (κ1) is 13.8. The highest BCUT2D eigenvalue weighted by molar-refractivity contribution is 5.91. The van der Waals surface area contributed by atoms with E-state index in [1.165, 1.54) is 11.1 Å². The van der Waals surface area contributed by atoms with Crippen molar-refractivity contribution in [2.45, 2.75) is 19.3 Å². The van der Waals surface area contributed by atoms with Gasteiger partial charge in [-0.3, -0.25) is 4.79 Å². The van der Waals surface area contributed by atoms with Crippen LogP contribution in [0.15, 0.2) is 54.6 Å². The molecule has 0 saturated carbocycles. The van der Waals surface area contributed by atoms with Crippen molar-refractivity contribution in [2.24, 2.45) is 0 Å². The van der Waals surface area contributed by atoms with Crippen LogP contribution < -0.4 is 5.32 Å². The molecule has 0 aromatic heterocycles. The number of benzene rings is 2. The number of nitrogens with zero attached hydrogens (tertiary/aromatic N) is 1. The number of aryl methyl sites for hydroxylation is 2. The Bertz CT molecular complexity index is 597. The zero-order chi connectivity index (χ0) is 14.2. The van der Waals surface area contributed by atoms with E-state index in [1.54, 1.807) is 0 Å². The number of rotatable bonds is 5. The molecule has 0 aliphatic rings. The molecule has 2 rings (SSSR count). The van der Waals surface area contributed by atoms with Gasteiger partial charge in [0.25, 0.3) is 0 Å². The SMILES string of the molecule is N#CCC(=O)Nc1ccc(CCc2ccccc2)cc1. The first-order valence-corrected chi connectivity index (χ1v) is 6.57. The smallest absolute Gasteiger partial charge is 0.238 e. The van der Waals surface area contributed by atoms with Crippen molar-refractivity contribution in [3.63, 3.8) is 0 Å². The Morgan fingerprint density at radius 1 is 0.950 bits per heavy atom. The minimum atomic E-state index is -0.274. The van der Waals surface area contributed by atoms with Gasteiger partial charge in [-0.2, -0.15) is 5.26 Å². The summed E-state index contributed by atoms with van der Waals surface area (Å²) in [6.45, 7) is 0. The zero-order valence-corrected chi connectivity index (χ0v) is 11.2. The van der Waals surface area contributed by atoms with Gasteiger partial charge < -0.3 is 5.32 Å². The van der Waals surface area contributed by atoms with Crippen molar-refractivity contribution >= 4 is 11.6 Å². The maximum absolute atomic E-state index is 11.3. The predicted octanol–water partition coefficient (Wildman–Crippen LogP) is 3.32. The Kier molecular flexibility index (Phi) is 4.91. The maximum Gasteiger partial charge on any atom is 0.238 e. The Morgan fingerprint density at radius 2 is 1.55 bits per heavy atom. The topological polar surface area (TPSA) is 52.9 Å². The number of amides is 1. The molecule has 2 aromatic rings. The van der Waals surface area contributed by atoms with E-state index in [9.17, 15) is 4.79 Å². The van der Waals surface area contributed by atoms with Gasteiger partial charge in [-0.05, 0) is 36.1 Å². The van der Waals surface area contributed by atoms with E-state index >= 15 is 0 Å². The van der Waals surface area contributed by atoms with E-state index in [1.807, 2.05) is 48.5 Å². The monoisotopic (exact) mass is 264 g/mol. The number of hydrogen-bond donors (Lipinski definition) is 1. The molecule has 2 aromatic carbocycles. The van der Waals surface area contributed by atoms with Crippen molar-refractivity contribution < 1.29 is 4.79 Å². The molecule has 20 heavy (non-hydrogen) atoms. The average Bonchev–Trinajstić information content (AvgIpc) is 2.48. The maximum atomic E-state index is 11.3. The first-order chi connectivity index (χ1) is 9.78. The molecule has 1 N–H and O–H groups in total. The number of nitrogens with one attached hydrogen (secondary N) is 1. The van der Waals surface area contributed by atoms with Crippen LogP contribution in [-0.2, 0) is 17.6 Å². The molecule has 0 unspecified atom stereocenters. The van der Waals surface area contributed by atoms with Crippen LogP contribution >= 0.6 is 0 Å². The summed E-state index contributed by atoms with van der Waals surface area (Å²) >= 11 is 0. The Hall–Kier alpha value is -2.60. The fourth-order valence-corrected chi connectivity index (χ4v) is 1.97. The summed E-state index contributed by atoms with van der Waals surface area (Å²) in [6, 6.07) is 19.9. The highest BCUT2D eigenvalue weighted by Crippen LogP contribution is 2.12. The van der Waals surface area contributed by atoms with E-state index in [4.69, 9.17) is 5.26 Å². The third kappa shape index (κ3) is 4.25. The summed E-state index contributed by atoms with van der Waals surface area (Å²) in [5, 5.41) is 11.1. The van der Waals surface area contributed by atoms with Gasteiger partial charge in [0.2, 0.25) is 5.91 Å². The van der Waals surface area contributed by atoms with E-state index in [0.717, 1.165) is 18.5 Å². The molecule has 0 atom stereocenters. The largest absolute Gasteiger partial charge is 0.325 e. The summed E-state index contributed by atoms with van der Waals surface area (Å²) in [7, 11) is 0. The number of carbonyl (C=O) groups is 1. The van der Waals surface area contributed by atoms with Crippen LogP contribution in [0.1, 0.15) is 17.5 Å². The molecular weight excluding hydrogens is 248 g/mol.